The maximum atomic E-state index is 15.7. The highest BCUT2D eigenvalue weighted by Crippen LogP contribution is 2.46. The molecule has 0 unspecified atom stereocenters. The molecule has 5 rings (SSSR count). The number of fused-ring (bicyclic) bond motifs is 1. The van der Waals surface area contributed by atoms with E-state index in [4.69, 9.17) is 57.1 Å². The van der Waals surface area contributed by atoms with Gasteiger partial charge in [-0.3, -0.25) is 19.1 Å². The average molecular weight is 689 g/mol. The molecule has 0 spiro atoms. The second-order valence-electron chi connectivity index (χ2n) is 10.7. The molecule has 2 N–H and O–H groups in total. The van der Waals surface area contributed by atoms with Crippen molar-refractivity contribution in [2.24, 2.45) is 0 Å². The smallest absolute Gasteiger partial charge is 0.276 e. The van der Waals surface area contributed by atoms with Gasteiger partial charge in [-0.25, -0.2) is 9.37 Å². The first-order chi connectivity index (χ1) is 21.3. The molecule has 0 atom stereocenters. The van der Waals surface area contributed by atoms with E-state index in [1.807, 2.05) is 25.7 Å². The molecular formula is C31H26Cl4FN7O2. The molecule has 9 nitrogen and oxygen atoms in total. The van der Waals surface area contributed by atoms with Crippen molar-refractivity contribution in [3.05, 3.63) is 84.1 Å². The first-order valence-electron chi connectivity index (χ1n) is 13.8. The zero-order valence-corrected chi connectivity index (χ0v) is 27.4. The lowest BCUT2D eigenvalue weighted by Gasteiger charge is -2.36. The summed E-state index contributed by atoms with van der Waals surface area (Å²) in [7, 11) is 0. The summed E-state index contributed by atoms with van der Waals surface area (Å²) < 4.78 is 17.0. The van der Waals surface area contributed by atoms with Crippen molar-refractivity contribution in [2.45, 2.75) is 26.7 Å². The van der Waals surface area contributed by atoms with Crippen LogP contribution in [0.4, 0.5) is 15.8 Å². The van der Waals surface area contributed by atoms with Crippen molar-refractivity contribution in [1.29, 1.82) is 5.26 Å². The minimum Gasteiger partial charge on any atom is -0.396 e. The monoisotopic (exact) mass is 687 g/mol. The molecule has 0 saturated carbocycles. The van der Waals surface area contributed by atoms with Gasteiger partial charge in [0.1, 0.15) is 17.3 Å². The quantitative estimate of drug-likeness (QED) is 0.105. The van der Waals surface area contributed by atoms with E-state index in [0.717, 1.165) is 0 Å². The second-order valence-corrected chi connectivity index (χ2v) is 12.3. The van der Waals surface area contributed by atoms with Crippen LogP contribution in [-0.4, -0.2) is 51.5 Å². The van der Waals surface area contributed by atoms with Crippen molar-refractivity contribution in [1.82, 2.24) is 19.4 Å². The van der Waals surface area contributed by atoms with E-state index in [0.29, 0.717) is 48.5 Å². The molecule has 14 heteroatoms. The van der Waals surface area contributed by atoms with E-state index in [1.54, 1.807) is 17.2 Å². The van der Waals surface area contributed by atoms with Gasteiger partial charge in [-0.15, -0.1) is 0 Å². The Balaban J connectivity index is 1.93. The molecule has 1 amide bonds. The highest BCUT2D eigenvalue weighted by molar-refractivity contribution is 6.47. The van der Waals surface area contributed by atoms with Crippen molar-refractivity contribution >= 4 is 74.7 Å². The van der Waals surface area contributed by atoms with Crippen molar-refractivity contribution in [3.8, 4) is 23.0 Å². The molecule has 1 aliphatic heterocycles. The lowest BCUT2D eigenvalue weighted by atomic mass is 10.0. The molecule has 4 aromatic rings. The molecule has 1 saturated heterocycles. The van der Waals surface area contributed by atoms with Gasteiger partial charge in [0, 0.05) is 37.8 Å². The van der Waals surface area contributed by atoms with Gasteiger partial charge in [-0.2, -0.15) is 5.26 Å². The Hall–Kier alpha value is -3.88. The minimum absolute atomic E-state index is 0.0520. The lowest BCUT2D eigenvalue weighted by molar-refractivity contribution is -0.126. The van der Waals surface area contributed by atoms with Gasteiger partial charge in [-0.1, -0.05) is 66.8 Å². The Bertz CT molecular complexity index is 1990. The third-order valence-electron chi connectivity index (χ3n) is 7.73. The molecule has 1 fully saturated rings. The van der Waals surface area contributed by atoms with Crippen molar-refractivity contribution in [2.75, 3.05) is 36.8 Å². The van der Waals surface area contributed by atoms with Crippen LogP contribution in [-0.2, 0) is 4.79 Å². The van der Waals surface area contributed by atoms with Crippen LogP contribution < -0.4 is 16.2 Å². The molecule has 45 heavy (non-hydrogen) atoms. The Labute approximate surface area is 278 Å². The number of rotatable bonds is 5. The summed E-state index contributed by atoms with van der Waals surface area (Å²) in [5.41, 5.74) is 6.65. The molecule has 232 valence electrons. The fourth-order valence-corrected chi connectivity index (χ4v) is 6.44. The number of aryl methyl sites for hydroxylation is 1. The standard InChI is InChI=1S/C31H26Cl4FN7O2/c1-5-19(44)41-8-10-42(11-9-41)29-16-12-18(32)27(20-21(33)25(38)23(35)22(34)24(20)36)40-30(16)43(31(45)17(29)13-37)28-15(4)6-7-39-26(28)14(2)3/h5-7,12,14H,1,8-11,38H2,2-4H3. The summed E-state index contributed by atoms with van der Waals surface area (Å²) in [6.45, 7) is 10.5. The summed E-state index contributed by atoms with van der Waals surface area (Å²) >= 11 is 25.5. The number of anilines is 2. The molecule has 0 radical (unpaired) electrons. The molecular weight excluding hydrogens is 663 g/mol. The molecule has 0 bridgehead atoms. The minimum atomic E-state index is -0.999. The van der Waals surface area contributed by atoms with Gasteiger partial charge in [0.2, 0.25) is 5.91 Å². The molecule has 1 aromatic carbocycles. The number of pyridine rings is 3. The highest BCUT2D eigenvalue weighted by atomic mass is 35.5. The van der Waals surface area contributed by atoms with Crippen LogP contribution in [0.1, 0.15) is 36.6 Å². The van der Waals surface area contributed by atoms with Crippen LogP contribution in [0.15, 0.2) is 35.8 Å². The molecule has 4 heterocycles. The van der Waals surface area contributed by atoms with Gasteiger partial charge < -0.3 is 15.5 Å². The van der Waals surface area contributed by atoms with Crippen molar-refractivity contribution in [3.63, 3.8) is 0 Å². The summed E-state index contributed by atoms with van der Waals surface area (Å²) in [6, 6.07) is 5.33. The van der Waals surface area contributed by atoms with Gasteiger partial charge >= 0.3 is 0 Å². The van der Waals surface area contributed by atoms with E-state index in [2.05, 4.69) is 17.6 Å². The number of halogens is 5. The first kappa shape index (κ1) is 32.5. The predicted molar refractivity (Wildman–Crippen MR) is 178 cm³/mol. The summed E-state index contributed by atoms with van der Waals surface area (Å²) in [4.78, 5) is 39.4. The van der Waals surface area contributed by atoms with Gasteiger partial charge in [0.05, 0.1) is 54.1 Å². The number of carbonyl (C=O) groups is 1. The van der Waals surface area contributed by atoms with Crippen LogP contribution in [0.3, 0.4) is 0 Å². The summed E-state index contributed by atoms with van der Waals surface area (Å²) in [5.74, 6) is -1.35. The normalized spacial score (nSPS) is 13.4. The van der Waals surface area contributed by atoms with Crippen LogP contribution in [0.2, 0.25) is 20.1 Å². The van der Waals surface area contributed by atoms with Crippen LogP contribution in [0.25, 0.3) is 28.0 Å². The Kier molecular flexibility index (Phi) is 9.02. The fraction of sp³-hybridized carbons (Fsp3) is 0.258. The third kappa shape index (κ3) is 5.38. The van der Waals surface area contributed by atoms with E-state index in [-0.39, 0.29) is 60.7 Å². The predicted octanol–water partition coefficient (Wildman–Crippen LogP) is 6.92. The van der Waals surface area contributed by atoms with E-state index in [9.17, 15) is 14.9 Å². The maximum absolute atomic E-state index is 15.7. The third-order valence-corrected chi connectivity index (χ3v) is 9.25. The van der Waals surface area contributed by atoms with Crippen molar-refractivity contribution < 1.29 is 9.18 Å². The van der Waals surface area contributed by atoms with Gasteiger partial charge in [0.25, 0.3) is 5.56 Å². The summed E-state index contributed by atoms with van der Waals surface area (Å²) in [5, 5.41) is 9.69. The average Bonchev–Trinajstić information content (AvgIpc) is 3.02. The molecule has 3 aromatic heterocycles. The number of hydrogen-bond acceptors (Lipinski definition) is 7. The molecule has 1 aliphatic rings. The highest BCUT2D eigenvalue weighted by Gasteiger charge is 2.31. The molecule has 0 aliphatic carbocycles. The lowest BCUT2D eigenvalue weighted by Crippen LogP contribution is -2.49. The number of carbonyl (C=O) groups excluding carboxylic acids is 1. The fourth-order valence-electron chi connectivity index (χ4n) is 5.50. The van der Waals surface area contributed by atoms with Crippen LogP contribution >= 0.6 is 46.4 Å². The van der Waals surface area contributed by atoms with Crippen LogP contribution in [0.5, 0.6) is 0 Å². The summed E-state index contributed by atoms with van der Waals surface area (Å²) in [6.07, 6.45) is 2.87. The number of nitrogens with two attached hydrogens (primary N) is 1. The van der Waals surface area contributed by atoms with Gasteiger partial charge in [0.15, 0.2) is 5.82 Å². The number of nitrogen functional groups attached to an aromatic ring is 1. The first-order valence-corrected chi connectivity index (χ1v) is 15.3. The number of piperazine rings is 1. The zero-order valence-electron chi connectivity index (χ0n) is 24.4. The number of benzene rings is 1. The Morgan fingerprint density at radius 2 is 1.80 bits per heavy atom. The number of amides is 1. The van der Waals surface area contributed by atoms with E-state index < -0.39 is 16.4 Å². The largest absolute Gasteiger partial charge is 0.396 e. The Morgan fingerprint density at radius 3 is 2.40 bits per heavy atom. The Morgan fingerprint density at radius 1 is 1.13 bits per heavy atom. The number of nitriles is 1. The van der Waals surface area contributed by atoms with Crippen LogP contribution in [0, 0.1) is 24.1 Å². The van der Waals surface area contributed by atoms with Gasteiger partial charge in [-0.05, 0) is 36.6 Å². The topological polar surface area (TPSA) is 121 Å². The maximum Gasteiger partial charge on any atom is 0.276 e. The second kappa shape index (κ2) is 12.5. The van der Waals surface area contributed by atoms with E-state index in [1.165, 1.54) is 16.7 Å². The number of hydrogen-bond donors (Lipinski definition) is 1. The zero-order chi connectivity index (χ0) is 32.9. The number of nitrogens with zero attached hydrogens (tertiary/aromatic N) is 6. The van der Waals surface area contributed by atoms with E-state index >= 15 is 4.39 Å². The number of aromatic nitrogens is 3. The SMILES string of the molecule is C=CC(=O)N1CCN(c2c(C#N)c(=O)n(-c3c(C)ccnc3C(C)C)c3nc(-c4c(F)c(Cl)c(Cl)c(N)c4Cl)c(Cl)cc23)CC1.